The fraction of sp³-hybridized carbons (Fsp3) is 0.333. The van der Waals surface area contributed by atoms with Gasteiger partial charge in [0, 0.05) is 16.6 Å². The Bertz CT molecular complexity index is 638. The molecule has 0 saturated heterocycles. The van der Waals surface area contributed by atoms with Gasteiger partial charge in [0.05, 0.1) is 14.2 Å². The van der Waals surface area contributed by atoms with Gasteiger partial charge < -0.3 is 14.8 Å². The first-order valence-electron chi connectivity index (χ1n) is 6.55. The van der Waals surface area contributed by atoms with Crippen molar-refractivity contribution in [3.05, 3.63) is 34.8 Å². The van der Waals surface area contributed by atoms with Crippen molar-refractivity contribution in [2.75, 3.05) is 19.5 Å². The lowest BCUT2D eigenvalue weighted by atomic mass is 10.1. The number of ether oxygens (including phenoxy) is 2. The first-order chi connectivity index (χ1) is 10.0. The van der Waals surface area contributed by atoms with Crippen LogP contribution in [-0.2, 0) is 4.74 Å². The molecule has 0 atom stereocenters. The SMILES string of the molecule is COC(=O)c1nc(Nc2cccc(OC)c2)sc1C(C)C. The number of hydrogen-bond acceptors (Lipinski definition) is 6. The molecule has 5 nitrogen and oxygen atoms in total. The summed E-state index contributed by atoms with van der Waals surface area (Å²) in [4.78, 5) is 17.0. The minimum atomic E-state index is -0.409. The molecule has 0 amide bonds. The molecule has 0 bridgehead atoms. The van der Waals surface area contributed by atoms with E-state index >= 15 is 0 Å². The van der Waals surface area contributed by atoms with E-state index in [0.29, 0.717) is 10.8 Å². The van der Waals surface area contributed by atoms with Crippen molar-refractivity contribution >= 4 is 28.1 Å². The van der Waals surface area contributed by atoms with Gasteiger partial charge in [-0.1, -0.05) is 19.9 Å². The zero-order valence-corrected chi connectivity index (χ0v) is 13.3. The lowest BCUT2D eigenvalue weighted by molar-refractivity contribution is 0.0593. The maximum absolute atomic E-state index is 11.8. The highest BCUT2D eigenvalue weighted by Gasteiger charge is 2.21. The molecular weight excluding hydrogens is 288 g/mol. The molecule has 0 aliphatic rings. The Balaban J connectivity index is 2.30. The number of esters is 1. The largest absolute Gasteiger partial charge is 0.497 e. The molecule has 0 unspecified atom stereocenters. The zero-order valence-electron chi connectivity index (χ0n) is 12.5. The average molecular weight is 306 g/mol. The van der Waals surface area contributed by atoms with Crippen molar-refractivity contribution in [3.63, 3.8) is 0 Å². The topological polar surface area (TPSA) is 60.5 Å². The number of aromatic nitrogens is 1. The first kappa shape index (κ1) is 15.3. The molecule has 0 aliphatic heterocycles. The Morgan fingerprint density at radius 2 is 2.10 bits per heavy atom. The molecule has 2 aromatic rings. The molecule has 0 saturated carbocycles. The van der Waals surface area contributed by atoms with Crippen LogP contribution >= 0.6 is 11.3 Å². The first-order valence-corrected chi connectivity index (χ1v) is 7.37. The molecule has 112 valence electrons. The minimum Gasteiger partial charge on any atom is -0.497 e. The van der Waals surface area contributed by atoms with Crippen LogP contribution in [0.3, 0.4) is 0 Å². The number of carbonyl (C=O) groups is 1. The van der Waals surface area contributed by atoms with Crippen molar-refractivity contribution in [2.24, 2.45) is 0 Å². The van der Waals surface area contributed by atoms with E-state index in [-0.39, 0.29) is 5.92 Å². The number of methoxy groups -OCH3 is 2. The summed E-state index contributed by atoms with van der Waals surface area (Å²) in [6, 6.07) is 7.54. The molecule has 1 N–H and O–H groups in total. The van der Waals surface area contributed by atoms with Crippen LogP contribution in [0.5, 0.6) is 5.75 Å². The number of carbonyl (C=O) groups excluding carboxylic acids is 1. The van der Waals surface area contributed by atoms with Gasteiger partial charge in [-0.05, 0) is 18.1 Å². The zero-order chi connectivity index (χ0) is 15.4. The quantitative estimate of drug-likeness (QED) is 0.851. The predicted octanol–water partition coefficient (Wildman–Crippen LogP) is 3.81. The van der Waals surface area contributed by atoms with Crippen molar-refractivity contribution in [1.82, 2.24) is 4.98 Å². The minimum absolute atomic E-state index is 0.206. The van der Waals surface area contributed by atoms with E-state index in [0.717, 1.165) is 16.3 Å². The summed E-state index contributed by atoms with van der Waals surface area (Å²) in [6.07, 6.45) is 0. The third kappa shape index (κ3) is 3.52. The third-order valence-electron chi connectivity index (χ3n) is 2.88. The normalized spacial score (nSPS) is 10.5. The lowest BCUT2D eigenvalue weighted by Gasteiger charge is -2.04. The van der Waals surface area contributed by atoms with E-state index in [1.165, 1.54) is 18.4 Å². The summed E-state index contributed by atoms with van der Waals surface area (Å²) in [5.74, 6) is 0.555. The fourth-order valence-electron chi connectivity index (χ4n) is 1.84. The van der Waals surface area contributed by atoms with Crippen LogP contribution in [0.25, 0.3) is 0 Å². The fourth-order valence-corrected chi connectivity index (χ4v) is 2.82. The Hall–Kier alpha value is -2.08. The van der Waals surface area contributed by atoms with Gasteiger partial charge in [0.1, 0.15) is 5.75 Å². The number of hydrogen-bond donors (Lipinski definition) is 1. The van der Waals surface area contributed by atoms with Crippen LogP contribution in [0.1, 0.15) is 35.1 Å². The standard InChI is InChI=1S/C15H18N2O3S/c1-9(2)13-12(14(18)20-4)17-15(21-13)16-10-6-5-7-11(8-10)19-3/h5-9H,1-4H3,(H,16,17). The molecule has 2 rings (SSSR count). The lowest BCUT2D eigenvalue weighted by Crippen LogP contribution is -2.05. The Labute approximate surface area is 127 Å². The second kappa shape index (κ2) is 6.58. The van der Waals surface area contributed by atoms with Gasteiger partial charge in [-0.25, -0.2) is 9.78 Å². The van der Waals surface area contributed by atoms with Gasteiger partial charge in [0.2, 0.25) is 0 Å². The summed E-state index contributed by atoms with van der Waals surface area (Å²) in [6.45, 7) is 4.05. The smallest absolute Gasteiger partial charge is 0.357 e. The van der Waals surface area contributed by atoms with Gasteiger partial charge >= 0.3 is 5.97 Å². The maximum atomic E-state index is 11.8. The van der Waals surface area contributed by atoms with E-state index in [1.54, 1.807) is 7.11 Å². The number of thiazole rings is 1. The highest BCUT2D eigenvalue weighted by Crippen LogP contribution is 2.32. The van der Waals surface area contributed by atoms with E-state index in [4.69, 9.17) is 9.47 Å². The van der Waals surface area contributed by atoms with E-state index in [9.17, 15) is 4.79 Å². The number of anilines is 2. The second-order valence-corrected chi connectivity index (χ2v) is 5.77. The highest BCUT2D eigenvalue weighted by atomic mass is 32.1. The van der Waals surface area contributed by atoms with Gasteiger partial charge in [-0.3, -0.25) is 0 Å². The number of nitrogens with one attached hydrogen (secondary N) is 1. The summed E-state index contributed by atoms with van der Waals surface area (Å²) < 4.78 is 9.97. The monoisotopic (exact) mass is 306 g/mol. The van der Waals surface area contributed by atoms with E-state index in [2.05, 4.69) is 10.3 Å². The van der Waals surface area contributed by atoms with Crippen LogP contribution in [0, 0.1) is 0 Å². The summed E-state index contributed by atoms with van der Waals surface area (Å²) in [5.41, 5.74) is 1.23. The molecule has 1 heterocycles. The molecule has 0 radical (unpaired) electrons. The Morgan fingerprint density at radius 1 is 1.33 bits per heavy atom. The molecule has 0 fully saturated rings. The number of rotatable bonds is 5. The molecule has 21 heavy (non-hydrogen) atoms. The van der Waals surface area contributed by atoms with E-state index < -0.39 is 5.97 Å². The van der Waals surface area contributed by atoms with Crippen LogP contribution in [0.4, 0.5) is 10.8 Å². The molecule has 1 aromatic heterocycles. The molecule has 1 aromatic carbocycles. The van der Waals surface area contributed by atoms with Gasteiger partial charge in [0.25, 0.3) is 0 Å². The van der Waals surface area contributed by atoms with Gasteiger partial charge in [-0.2, -0.15) is 0 Å². The maximum Gasteiger partial charge on any atom is 0.357 e. The van der Waals surface area contributed by atoms with Crippen molar-refractivity contribution in [2.45, 2.75) is 19.8 Å². The van der Waals surface area contributed by atoms with Crippen LogP contribution < -0.4 is 10.1 Å². The second-order valence-electron chi connectivity index (χ2n) is 4.74. The van der Waals surface area contributed by atoms with Crippen molar-refractivity contribution in [3.8, 4) is 5.75 Å². The van der Waals surface area contributed by atoms with Crippen molar-refractivity contribution < 1.29 is 14.3 Å². The summed E-state index contributed by atoms with van der Waals surface area (Å²) in [5, 5.41) is 3.85. The molecule has 6 heteroatoms. The van der Waals surface area contributed by atoms with Gasteiger partial charge in [0.15, 0.2) is 10.8 Å². The highest BCUT2D eigenvalue weighted by molar-refractivity contribution is 7.16. The van der Waals surface area contributed by atoms with Crippen molar-refractivity contribution in [1.29, 1.82) is 0 Å². The molecule has 0 aliphatic carbocycles. The summed E-state index contributed by atoms with van der Waals surface area (Å²) in [7, 11) is 2.98. The predicted molar refractivity (Wildman–Crippen MR) is 83.8 cm³/mol. The average Bonchev–Trinajstić information content (AvgIpc) is 2.90. The molecule has 0 spiro atoms. The van der Waals surface area contributed by atoms with E-state index in [1.807, 2.05) is 38.1 Å². The van der Waals surface area contributed by atoms with Gasteiger partial charge in [-0.15, -0.1) is 11.3 Å². The number of nitrogens with zero attached hydrogens (tertiary/aromatic N) is 1. The Morgan fingerprint density at radius 3 is 2.71 bits per heavy atom. The summed E-state index contributed by atoms with van der Waals surface area (Å²) >= 11 is 1.46. The Kier molecular flexibility index (Phi) is 4.80. The van der Waals surface area contributed by atoms with Crippen LogP contribution in [0.2, 0.25) is 0 Å². The third-order valence-corrected chi connectivity index (χ3v) is 4.15. The number of benzene rings is 1. The van der Waals surface area contributed by atoms with Crippen LogP contribution in [-0.4, -0.2) is 25.2 Å². The van der Waals surface area contributed by atoms with Crippen LogP contribution in [0.15, 0.2) is 24.3 Å². The molecular formula is C15H18N2O3S.